The molecule has 0 aliphatic carbocycles. The van der Waals surface area contributed by atoms with Crippen LogP contribution in [0, 0.1) is 14.9 Å². The standard InChI is InChI=1S/C24H18ClIN4O2/c1-2-31-22-10-16(26)9-19-23(15(12-27)13-29-24(19)22)30-17-6-7-21(20(25)11-17)32-14-18-5-3-4-8-28-18/h3-11,13H,2,14H2,1H3,(H,29,30). The molecule has 0 spiro atoms. The van der Waals surface area contributed by atoms with E-state index in [1.54, 1.807) is 24.5 Å². The Bertz CT molecular complexity index is 1310. The number of aromatic nitrogens is 2. The van der Waals surface area contributed by atoms with Crippen LogP contribution in [0.15, 0.2) is 60.9 Å². The molecule has 0 saturated carbocycles. The SMILES string of the molecule is CCOc1cc(I)cc2c(Nc3ccc(OCc4ccccn4)c(Cl)c3)c(C#N)cnc12. The Labute approximate surface area is 204 Å². The molecule has 0 unspecified atom stereocenters. The second-order valence-corrected chi connectivity index (χ2v) is 8.42. The summed E-state index contributed by atoms with van der Waals surface area (Å²) in [6.07, 6.45) is 3.27. The summed E-state index contributed by atoms with van der Waals surface area (Å²) in [5.41, 5.74) is 3.30. The lowest BCUT2D eigenvalue weighted by atomic mass is 10.1. The normalized spacial score (nSPS) is 10.6. The van der Waals surface area contributed by atoms with Gasteiger partial charge in [0.2, 0.25) is 0 Å². The van der Waals surface area contributed by atoms with Gasteiger partial charge in [-0.2, -0.15) is 5.26 Å². The van der Waals surface area contributed by atoms with Crippen LogP contribution in [-0.2, 0) is 6.61 Å². The fraction of sp³-hybridized carbons (Fsp3) is 0.125. The zero-order valence-corrected chi connectivity index (χ0v) is 20.0. The van der Waals surface area contributed by atoms with Crippen molar-refractivity contribution in [1.82, 2.24) is 9.97 Å². The molecule has 6 nitrogen and oxygen atoms in total. The van der Waals surface area contributed by atoms with Crippen molar-refractivity contribution < 1.29 is 9.47 Å². The number of nitrogens with one attached hydrogen (secondary N) is 1. The van der Waals surface area contributed by atoms with E-state index in [2.05, 4.69) is 43.9 Å². The number of nitriles is 1. The van der Waals surface area contributed by atoms with Crippen LogP contribution in [0.4, 0.5) is 11.4 Å². The zero-order valence-electron chi connectivity index (χ0n) is 17.1. The molecule has 4 aromatic rings. The van der Waals surface area contributed by atoms with Gasteiger partial charge in [0, 0.05) is 27.0 Å². The summed E-state index contributed by atoms with van der Waals surface area (Å²) in [6.45, 7) is 2.77. The van der Waals surface area contributed by atoms with E-state index >= 15 is 0 Å². The molecule has 160 valence electrons. The third kappa shape index (κ3) is 4.87. The second kappa shape index (κ2) is 10.0. The average molecular weight is 557 g/mol. The van der Waals surface area contributed by atoms with E-state index in [-0.39, 0.29) is 0 Å². The highest BCUT2D eigenvalue weighted by Crippen LogP contribution is 2.36. The second-order valence-electron chi connectivity index (χ2n) is 6.77. The first-order valence-electron chi connectivity index (χ1n) is 9.83. The fourth-order valence-corrected chi connectivity index (χ4v) is 4.03. The number of nitrogens with zero attached hydrogens (tertiary/aromatic N) is 3. The van der Waals surface area contributed by atoms with E-state index in [0.29, 0.717) is 46.5 Å². The lowest BCUT2D eigenvalue weighted by Crippen LogP contribution is -2.01. The third-order valence-corrected chi connectivity index (χ3v) is 5.54. The highest BCUT2D eigenvalue weighted by Gasteiger charge is 2.15. The van der Waals surface area contributed by atoms with E-state index in [1.165, 1.54) is 0 Å². The summed E-state index contributed by atoms with van der Waals surface area (Å²) in [5, 5.41) is 14.2. The number of halogens is 2. The minimum atomic E-state index is 0.319. The number of ether oxygens (including phenoxy) is 2. The topological polar surface area (TPSA) is 80.1 Å². The number of rotatable bonds is 7. The van der Waals surface area contributed by atoms with Gasteiger partial charge in [0.15, 0.2) is 0 Å². The molecule has 0 atom stereocenters. The Kier molecular flexibility index (Phi) is 6.93. The highest BCUT2D eigenvalue weighted by molar-refractivity contribution is 14.1. The Morgan fingerprint density at radius 3 is 2.69 bits per heavy atom. The van der Waals surface area contributed by atoms with Crippen LogP contribution in [-0.4, -0.2) is 16.6 Å². The van der Waals surface area contributed by atoms with Gasteiger partial charge in [-0.05, 0) is 72.0 Å². The molecule has 0 bridgehead atoms. The molecule has 1 N–H and O–H groups in total. The Balaban J connectivity index is 1.65. The predicted octanol–water partition coefficient (Wildman–Crippen LogP) is 6.48. The fourth-order valence-electron chi connectivity index (χ4n) is 3.20. The summed E-state index contributed by atoms with van der Waals surface area (Å²) in [4.78, 5) is 8.70. The van der Waals surface area contributed by atoms with Crippen molar-refractivity contribution in [2.24, 2.45) is 0 Å². The lowest BCUT2D eigenvalue weighted by Gasteiger charge is -2.15. The molecule has 0 aliphatic rings. The molecule has 2 heterocycles. The molecule has 0 radical (unpaired) electrons. The zero-order chi connectivity index (χ0) is 22.5. The molecule has 2 aromatic carbocycles. The number of benzene rings is 2. The minimum absolute atomic E-state index is 0.319. The van der Waals surface area contributed by atoms with Gasteiger partial charge in [-0.15, -0.1) is 0 Å². The molecule has 8 heteroatoms. The van der Waals surface area contributed by atoms with Gasteiger partial charge in [-0.1, -0.05) is 17.7 Å². The molecule has 2 aromatic heterocycles. The van der Waals surface area contributed by atoms with Crippen molar-refractivity contribution in [3.05, 3.63) is 80.8 Å². The smallest absolute Gasteiger partial charge is 0.146 e. The Morgan fingerprint density at radius 1 is 1.09 bits per heavy atom. The maximum Gasteiger partial charge on any atom is 0.146 e. The molecule has 0 aliphatic heterocycles. The van der Waals surface area contributed by atoms with Crippen LogP contribution in [0.1, 0.15) is 18.2 Å². The predicted molar refractivity (Wildman–Crippen MR) is 134 cm³/mol. The van der Waals surface area contributed by atoms with E-state index in [9.17, 15) is 5.26 Å². The third-order valence-electron chi connectivity index (χ3n) is 4.62. The molecule has 0 saturated heterocycles. The van der Waals surface area contributed by atoms with Crippen LogP contribution >= 0.6 is 34.2 Å². The minimum Gasteiger partial charge on any atom is -0.492 e. The summed E-state index contributed by atoms with van der Waals surface area (Å²) in [6, 6.07) is 17.2. The number of hydrogen-bond acceptors (Lipinski definition) is 6. The van der Waals surface area contributed by atoms with Crippen molar-refractivity contribution >= 4 is 56.5 Å². The van der Waals surface area contributed by atoms with E-state index < -0.39 is 0 Å². The van der Waals surface area contributed by atoms with E-state index in [4.69, 9.17) is 21.1 Å². The first-order valence-corrected chi connectivity index (χ1v) is 11.3. The largest absolute Gasteiger partial charge is 0.492 e. The summed E-state index contributed by atoms with van der Waals surface area (Å²) in [7, 11) is 0. The van der Waals surface area contributed by atoms with Crippen molar-refractivity contribution in [2.75, 3.05) is 11.9 Å². The lowest BCUT2D eigenvalue weighted by molar-refractivity contribution is 0.301. The molecule has 32 heavy (non-hydrogen) atoms. The summed E-state index contributed by atoms with van der Waals surface area (Å²) in [5.74, 6) is 1.23. The van der Waals surface area contributed by atoms with E-state index in [0.717, 1.165) is 20.3 Å². The van der Waals surface area contributed by atoms with Crippen LogP contribution in [0.5, 0.6) is 11.5 Å². The molecule has 4 rings (SSSR count). The van der Waals surface area contributed by atoms with Gasteiger partial charge in [0.25, 0.3) is 0 Å². The first kappa shape index (κ1) is 22.1. The quantitative estimate of drug-likeness (QED) is 0.263. The van der Waals surface area contributed by atoms with Gasteiger partial charge >= 0.3 is 0 Å². The first-order chi connectivity index (χ1) is 15.6. The molecular weight excluding hydrogens is 539 g/mol. The van der Waals surface area contributed by atoms with Crippen LogP contribution in [0.2, 0.25) is 5.02 Å². The van der Waals surface area contributed by atoms with Gasteiger partial charge in [0.1, 0.15) is 29.7 Å². The van der Waals surface area contributed by atoms with Gasteiger partial charge in [-0.25, -0.2) is 0 Å². The van der Waals surface area contributed by atoms with Gasteiger partial charge < -0.3 is 14.8 Å². The van der Waals surface area contributed by atoms with Crippen LogP contribution < -0.4 is 14.8 Å². The number of anilines is 2. The number of fused-ring (bicyclic) bond motifs is 1. The van der Waals surface area contributed by atoms with Crippen molar-refractivity contribution in [3.8, 4) is 17.6 Å². The number of hydrogen-bond donors (Lipinski definition) is 1. The van der Waals surface area contributed by atoms with Gasteiger partial charge in [0.05, 0.1) is 28.6 Å². The van der Waals surface area contributed by atoms with Crippen LogP contribution in [0.3, 0.4) is 0 Å². The summed E-state index contributed by atoms with van der Waals surface area (Å²) < 4.78 is 12.5. The van der Waals surface area contributed by atoms with Crippen molar-refractivity contribution in [1.29, 1.82) is 5.26 Å². The van der Waals surface area contributed by atoms with Crippen LogP contribution in [0.25, 0.3) is 10.9 Å². The van der Waals surface area contributed by atoms with Gasteiger partial charge in [-0.3, -0.25) is 9.97 Å². The molecule has 0 amide bonds. The molecule has 0 fully saturated rings. The average Bonchev–Trinajstić information content (AvgIpc) is 2.80. The Hall–Kier alpha value is -3.09. The molecular formula is C24H18ClIN4O2. The summed E-state index contributed by atoms with van der Waals surface area (Å²) >= 11 is 8.69. The maximum atomic E-state index is 9.66. The van der Waals surface area contributed by atoms with Crippen molar-refractivity contribution in [2.45, 2.75) is 13.5 Å². The van der Waals surface area contributed by atoms with E-state index in [1.807, 2.05) is 43.3 Å². The maximum absolute atomic E-state index is 9.66. The highest BCUT2D eigenvalue weighted by atomic mass is 127. The number of pyridine rings is 2. The Morgan fingerprint density at radius 2 is 1.97 bits per heavy atom. The van der Waals surface area contributed by atoms with Crippen molar-refractivity contribution in [3.63, 3.8) is 0 Å². The monoisotopic (exact) mass is 556 g/mol.